The second-order valence-electron chi connectivity index (χ2n) is 7.84. The van der Waals surface area contributed by atoms with E-state index in [9.17, 15) is 0 Å². The summed E-state index contributed by atoms with van der Waals surface area (Å²) in [6, 6.07) is 38.5. The Kier molecular flexibility index (Phi) is 12.1. The van der Waals surface area contributed by atoms with E-state index in [2.05, 4.69) is 129 Å². The van der Waals surface area contributed by atoms with Gasteiger partial charge in [0, 0.05) is 0 Å². The molecule has 0 bridgehead atoms. The number of hydrogen-bond donors (Lipinski definition) is 0. The molecule has 33 heavy (non-hydrogen) atoms. The van der Waals surface area contributed by atoms with Gasteiger partial charge in [-0.15, -0.1) is 88.3 Å². The van der Waals surface area contributed by atoms with Crippen molar-refractivity contribution in [3.05, 3.63) is 116 Å². The normalized spacial score (nSPS) is 9.82. The van der Waals surface area contributed by atoms with E-state index in [1.54, 1.807) is 0 Å². The molecule has 0 saturated heterocycles. The van der Waals surface area contributed by atoms with Gasteiger partial charge in [0.1, 0.15) is 0 Å². The molecule has 0 saturated carbocycles. The molecule has 4 heteroatoms. The predicted octanol–water partition coefficient (Wildman–Crippen LogP) is 2.54. The van der Waals surface area contributed by atoms with Crippen molar-refractivity contribution in [2.24, 2.45) is 0 Å². The third-order valence-electron chi connectivity index (χ3n) is 5.05. The zero-order valence-corrected chi connectivity index (χ0v) is 22.9. The molecule has 0 spiro atoms. The van der Waals surface area contributed by atoms with E-state index < -0.39 is 0 Å². The largest absolute Gasteiger partial charge is 2.00 e. The van der Waals surface area contributed by atoms with Crippen molar-refractivity contribution in [1.82, 2.24) is 0 Å². The fraction of sp³-hybridized carbons (Fsp3) is 0.0690. The van der Waals surface area contributed by atoms with Gasteiger partial charge in [0.25, 0.3) is 0 Å². The van der Waals surface area contributed by atoms with E-state index in [4.69, 9.17) is 0 Å². The van der Waals surface area contributed by atoms with Gasteiger partial charge in [0.05, 0.1) is 0 Å². The Hall–Kier alpha value is -1.87. The third kappa shape index (κ3) is 7.06. The molecular formula is C29H26Cl2SiTi-3. The smallest absolute Gasteiger partial charge is 1.00 e. The maximum Gasteiger partial charge on any atom is 2.00 e. The van der Waals surface area contributed by atoms with Crippen molar-refractivity contribution in [2.45, 2.75) is 13.1 Å². The second-order valence-corrected chi connectivity index (χ2v) is 10.3. The summed E-state index contributed by atoms with van der Waals surface area (Å²) in [6.07, 6.45) is 0. The molecule has 0 aliphatic rings. The zero-order valence-electron chi connectivity index (χ0n) is 18.9. The average molecular weight is 521 g/mol. The predicted molar refractivity (Wildman–Crippen MR) is 137 cm³/mol. The van der Waals surface area contributed by atoms with Crippen LogP contribution in [0, 0.1) is 6.55 Å². The third-order valence-corrected chi connectivity index (χ3v) is 5.05. The summed E-state index contributed by atoms with van der Waals surface area (Å²) in [6.45, 7) is 8.06. The molecule has 0 aliphatic carbocycles. The van der Waals surface area contributed by atoms with Gasteiger partial charge in [-0.3, -0.25) is 0 Å². The molecule has 0 unspecified atom stereocenters. The summed E-state index contributed by atoms with van der Waals surface area (Å²) < 4.78 is 0. The standard InChI is InChI=1S/2C13H9.C3H8Si.2ClH.Ti/c2*1-3-7-12-10(5-1)9-11-6-2-4-8-13(11)12;1-4(2)3;;;/h2*1-9H;1H2,2-3H3;2*1H;/q3*-1;;;+2/p-2. The van der Waals surface area contributed by atoms with Gasteiger partial charge >= 0.3 is 21.7 Å². The molecule has 6 aromatic rings. The topological polar surface area (TPSA) is 0 Å². The van der Waals surface area contributed by atoms with Crippen molar-refractivity contribution < 1.29 is 46.5 Å². The van der Waals surface area contributed by atoms with Crippen LogP contribution in [-0.4, -0.2) is 8.80 Å². The van der Waals surface area contributed by atoms with Crippen LogP contribution in [0.2, 0.25) is 13.1 Å². The number of benzene rings is 4. The first-order chi connectivity index (χ1) is 14.6. The average Bonchev–Trinajstić information content (AvgIpc) is 3.32. The van der Waals surface area contributed by atoms with Gasteiger partial charge in [-0.1, -0.05) is 85.9 Å². The molecule has 6 rings (SSSR count). The van der Waals surface area contributed by atoms with Crippen molar-refractivity contribution in [2.75, 3.05) is 0 Å². The Bertz CT molecular complexity index is 1190. The van der Waals surface area contributed by atoms with E-state index in [0.29, 0.717) is 0 Å². The van der Waals surface area contributed by atoms with Crippen molar-refractivity contribution in [3.63, 3.8) is 0 Å². The monoisotopic (exact) mass is 520 g/mol. The van der Waals surface area contributed by atoms with Gasteiger partial charge in [0.2, 0.25) is 0 Å². The van der Waals surface area contributed by atoms with E-state index >= 15 is 0 Å². The summed E-state index contributed by atoms with van der Waals surface area (Å²) in [4.78, 5) is 0. The quantitative estimate of drug-likeness (QED) is 0.213. The Balaban J connectivity index is 0.000000265. The van der Waals surface area contributed by atoms with Crippen molar-refractivity contribution in [3.8, 4) is 0 Å². The first kappa shape index (κ1) is 29.2. The fourth-order valence-corrected chi connectivity index (χ4v) is 3.81. The van der Waals surface area contributed by atoms with E-state index in [0.717, 1.165) is 0 Å². The van der Waals surface area contributed by atoms with Crippen LogP contribution in [0.3, 0.4) is 0 Å². The van der Waals surface area contributed by atoms with Crippen LogP contribution in [0.4, 0.5) is 0 Å². The van der Waals surface area contributed by atoms with Crippen LogP contribution in [0.15, 0.2) is 109 Å². The molecule has 0 amide bonds. The Labute approximate surface area is 226 Å². The molecule has 0 aliphatic heterocycles. The van der Waals surface area contributed by atoms with Gasteiger partial charge < -0.3 is 31.4 Å². The molecule has 0 N–H and O–H groups in total. The van der Waals surface area contributed by atoms with E-state index in [-0.39, 0.29) is 55.3 Å². The summed E-state index contributed by atoms with van der Waals surface area (Å²) in [7, 11) is -0.130. The summed E-state index contributed by atoms with van der Waals surface area (Å²) in [5.41, 5.74) is 0. The minimum atomic E-state index is -0.130. The molecule has 6 aromatic carbocycles. The van der Waals surface area contributed by atoms with Crippen LogP contribution >= 0.6 is 0 Å². The van der Waals surface area contributed by atoms with Crippen LogP contribution in [0.5, 0.6) is 0 Å². The van der Waals surface area contributed by atoms with Crippen molar-refractivity contribution in [1.29, 1.82) is 0 Å². The van der Waals surface area contributed by atoms with Gasteiger partial charge in [-0.05, 0) is 0 Å². The fourth-order valence-electron chi connectivity index (χ4n) is 3.81. The van der Waals surface area contributed by atoms with Crippen LogP contribution in [0.1, 0.15) is 0 Å². The number of fused-ring (bicyclic) bond motifs is 6. The minimum Gasteiger partial charge on any atom is -1.00 e. The van der Waals surface area contributed by atoms with Gasteiger partial charge in [-0.2, -0.15) is 0 Å². The van der Waals surface area contributed by atoms with Gasteiger partial charge in [0.15, 0.2) is 0 Å². The zero-order chi connectivity index (χ0) is 20.9. The first-order valence-electron chi connectivity index (χ1n) is 10.3. The Morgan fingerprint density at radius 1 is 0.485 bits per heavy atom. The Morgan fingerprint density at radius 3 is 0.879 bits per heavy atom. The summed E-state index contributed by atoms with van der Waals surface area (Å²) in [5.74, 6) is 0. The maximum absolute atomic E-state index is 3.74. The molecular weight excluding hydrogens is 495 g/mol. The minimum absolute atomic E-state index is 0. The Morgan fingerprint density at radius 2 is 0.667 bits per heavy atom. The van der Waals surface area contributed by atoms with Crippen LogP contribution in [-0.2, 0) is 21.7 Å². The van der Waals surface area contributed by atoms with Crippen molar-refractivity contribution >= 4 is 51.9 Å². The maximum atomic E-state index is 3.74. The molecule has 0 nitrogen and oxygen atoms in total. The summed E-state index contributed by atoms with van der Waals surface area (Å²) in [5, 5.41) is 10.8. The van der Waals surface area contributed by atoms with Gasteiger partial charge in [-0.25, -0.2) is 0 Å². The molecule has 167 valence electrons. The number of halogens is 2. The molecule has 1 radical (unpaired) electrons. The molecule has 0 atom stereocenters. The molecule has 0 heterocycles. The summed E-state index contributed by atoms with van der Waals surface area (Å²) >= 11 is 0. The molecule has 0 aromatic heterocycles. The first-order valence-corrected chi connectivity index (χ1v) is 13.0. The van der Waals surface area contributed by atoms with E-state index in [1.807, 2.05) is 0 Å². The molecule has 0 fully saturated rings. The van der Waals surface area contributed by atoms with E-state index in [1.165, 1.54) is 43.1 Å². The van der Waals surface area contributed by atoms with Crippen LogP contribution < -0.4 is 24.8 Å². The van der Waals surface area contributed by atoms with Crippen LogP contribution in [0.25, 0.3) is 43.1 Å². The SMILES string of the molecule is [CH2-][Si](C)C.[Cl-].[Cl-].[Ti+2].c1ccc2c(c1)[cH-]c1ccccc12.c1ccc2c(c1)[cH-]c1ccccc12. The second kappa shape index (κ2) is 13.7. The number of rotatable bonds is 0. The number of hydrogen-bond acceptors (Lipinski definition) is 0.